The number of H-pyrrole nitrogens is 1. The third-order valence-electron chi connectivity index (χ3n) is 1.63. The van der Waals surface area contributed by atoms with E-state index in [1.165, 1.54) is 6.33 Å². The number of nitrogens with zero attached hydrogens (tertiary/aromatic N) is 3. The van der Waals surface area contributed by atoms with E-state index in [0.29, 0.717) is 17.5 Å². The molecule has 0 saturated carbocycles. The first-order valence-corrected chi connectivity index (χ1v) is 4.42. The van der Waals surface area contributed by atoms with Gasteiger partial charge in [-0.1, -0.05) is 11.6 Å². The molecular weight excluding hydrogens is 202 g/mol. The molecule has 0 saturated heterocycles. The maximum absolute atomic E-state index is 5.69. The van der Waals surface area contributed by atoms with Crippen molar-refractivity contribution in [3.05, 3.63) is 35.8 Å². The zero-order valence-corrected chi connectivity index (χ0v) is 7.99. The predicted molar refractivity (Wildman–Crippen MR) is 53.0 cm³/mol. The van der Waals surface area contributed by atoms with E-state index < -0.39 is 0 Å². The third-order valence-corrected chi connectivity index (χ3v) is 1.83. The Morgan fingerprint density at radius 1 is 1.36 bits per heavy atom. The highest BCUT2D eigenvalue weighted by Crippen LogP contribution is 2.08. The number of anilines is 1. The van der Waals surface area contributed by atoms with Gasteiger partial charge < -0.3 is 10.3 Å². The number of halogens is 1. The summed E-state index contributed by atoms with van der Waals surface area (Å²) in [5, 5.41) is 3.48. The predicted octanol–water partition coefficient (Wildman–Crippen LogP) is 1.47. The molecule has 0 atom stereocenters. The second-order valence-corrected chi connectivity index (χ2v) is 3.00. The zero-order chi connectivity index (χ0) is 9.80. The molecule has 6 heteroatoms. The van der Waals surface area contributed by atoms with E-state index in [-0.39, 0.29) is 0 Å². The van der Waals surface area contributed by atoms with Crippen molar-refractivity contribution >= 4 is 17.4 Å². The van der Waals surface area contributed by atoms with Gasteiger partial charge in [0, 0.05) is 18.5 Å². The number of aromatic nitrogens is 4. The van der Waals surface area contributed by atoms with E-state index in [0.717, 1.165) is 5.82 Å². The van der Waals surface area contributed by atoms with Crippen LogP contribution in [0.4, 0.5) is 5.82 Å². The summed E-state index contributed by atoms with van der Waals surface area (Å²) >= 11 is 5.69. The van der Waals surface area contributed by atoms with Gasteiger partial charge in [0.1, 0.15) is 23.1 Å². The summed E-state index contributed by atoms with van der Waals surface area (Å²) in [6.07, 6.45) is 4.88. The minimum atomic E-state index is 0.418. The quantitative estimate of drug-likeness (QED) is 0.752. The van der Waals surface area contributed by atoms with Crippen LogP contribution in [0, 0.1) is 0 Å². The van der Waals surface area contributed by atoms with E-state index in [1.807, 2.05) is 0 Å². The van der Waals surface area contributed by atoms with Crippen LogP contribution in [0.5, 0.6) is 0 Å². The van der Waals surface area contributed by atoms with Crippen LogP contribution >= 0.6 is 11.6 Å². The average Bonchev–Trinajstić information content (AvgIpc) is 2.67. The Morgan fingerprint density at radius 2 is 2.29 bits per heavy atom. The molecule has 0 aromatic carbocycles. The van der Waals surface area contributed by atoms with Crippen molar-refractivity contribution < 1.29 is 0 Å². The first-order valence-electron chi connectivity index (χ1n) is 4.04. The second-order valence-electron chi connectivity index (χ2n) is 2.62. The maximum atomic E-state index is 5.69. The molecule has 5 nitrogen and oxygen atoms in total. The Hall–Kier alpha value is -1.62. The van der Waals surface area contributed by atoms with Crippen molar-refractivity contribution in [2.45, 2.75) is 6.54 Å². The molecule has 2 heterocycles. The van der Waals surface area contributed by atoms with Gasteiger partial charge in [-0.15, -0.1) is 0 Å². The highest BCUT2D eigenvalue weighted by Gasteiger charge is 1.97. The maximum Gasteiger partial charge on any atom is 0.134 e. The highest BCUT2D eigenvalue weighted by atomic mass is 35.5. The largest absolute Gasteiger partial charge is 0.363 e. The lowest BCUT2D eigenvalue weighted by Crippen LogP contribution is -2.02. The van der Waals surface area contributed by atoms with Crippen LogP contribution < -0.4 is 5.32 Å². The molecule has 0 fully saturated rings. The molecule has 2 aromatic rings. The number of nitrogens with one attached hydrogen (secondary N) is 2. The molecule has 0 aliphatic carbocycles. The smallest absolute Gasteiger partial charge is 0.134 e. The average molecular weight is 210 g/mol. The fraction of sp³-hybridized carbons (Fsp3) is 0.125. The van der Waals surface area contributed by atoms with Gasteiger partial charge in [-0.3, -0.25) is 0 Å². The molecular formula is C8H8ClN5. The summed E-state index contributed by atoms with van der Waals surface area (Å²) in [6.45, 7) is 0.584. The molecule has 0 radical (unpaired) electrons. The SMILES string of the molecule is Clc1cc(NCc2ncc[nH]2)ncn1. The summed E-state index contributed by atoms with van der Waals surface area (Å²) in [5.41, 5.74) is 0. The number of rotatable bonds is 3. The van der Waals surface area contributed by atoms with E-state index in [2.05, 4.69) is 25.3 Å². The number of hydrogen-bond donors (Lipinski definition) is 2. The molecule has 0 spiro atoms. The monoisotopic (exact) mass is 209 g/mol. The molecule has 2 aromatic heterocycles. The zero-order valence-electron chi connectivity index (χ0n) is 7.24. The van der Waals surface area contributed by atoms with Gasteiger partial charge in [0.2, 0.25) is 0 Å². The molecule has 0 aliphatic heterocycles. The molecule has 14 heavy (non-hydrogen) atoms. The van der Waals surface area contributed by atoms with Gasteiger partial charge in [0.15, 0.2) is 0 Å². The van der Waals surface area contributed by atoms with Crippen LogP contribution in [0.1, 0.15) is 5.82 Å². The highest BCUT2D eigenvalue weighted by molar-refractivity contribution is 6.29. The number of imidazole rings is 1. The lowest BCUT2D eigenvalue weighted by Gasteiger charge is -2.02. The number of aromatic amines is 1. The molecule has 72 valence electrons. The Bertz CT molecular complexity index is 400. The van der Waals surface area contributed by atoms with Crippen LogP contribution in [-0.4, -0.2) is 19.9 Å². The minimum Gasteiger partial charge on any atom is -0.363 e. The summed E-state index contributed by atoms with van der Waals surface area (Å²) in [6, 6.07) is 1.66. The van der Waals surface area contributed by atoms with Gasteiger partial charge in [-0.25, -0.2) is 15.0 Å². The van der Waals surface area contributed by atoms with Crippen LogP contribution in [0.3, 0.4) is 0 Å². The van der Waals surface area contributed by atoms with Gasteiger partial charge in [-0.05, 0) is 0 Å². The Balaban J connectivity index is 1.98. The van der Waals surface area contributed by atoms with E-state index in [1.54, 1.807) is 18.5 Å². The van der Waals surface area contributed by atoms with Crippen LogP contribution in [0.25, 0.3) is 0 Å². The Morgan fingerprint density at radius 3 is 3.00 bits per heavy atom. The molecule has 0 bridgehead atoms. The molecule has 2 rings (SSSR count). The normalized spacial score (nSPS) is 10.1. The lowest BCUT2D eigenvalue weighted by molar-refractivity contribution is 0.982. The van der Waals surface area contributed by atoms with Crippen molar-refractivity contribution in [3.63, 3.8) is 0 Å². The Labute approximate surface area is 85.6 Å². The van der Waals surface area contributed by atoms with Crippen molar-refractivity contribution in [1.29, 1.82) is 0 Å². The summed E-state index contributed by atoms with van der Waals surface area (Å²) < 4.78 is 0. The summed E-state index contributed by atoms with van der Waals surface area (Å²) in [4.78, 5) is 14.8. The fourth-order valence-corrected chi connectivity index (χ4v) is 1.15. The first-order chi connectivity index (χ1) is 6.84. The van der Waals surface area contributed by atoms with Gasteiger partial charge in [0.05, 0.1) is 6.54 Å². The third kappa shape index (κ3) is 2.20. The Kier molecular flexibility index (Phi) is 2.60. The second kappa shape index (κ2) is 4.06. The number of hydrogen-bond acceptors (Lipinski definition) is 4. The first kappa shape index (κ1) is 8.96. The van der Waals surface area contributed by atoms with E-state index >= 15 is 0 Å². The van der Waals surface area contributed by atoms with E-state index in [9.17, 15) is 0 Å². The molecule has 0 unspecified atom stereocenters. The van der Waals surface area contributed by atoms with E-state index in [4.69, 9.17) is 11.6 Å². The summed E-state index contributed by atoms with van der Waals surface area (Å²) in [5.74, 6) is 1.53. The van der Waals surface area contributed by atoms with Crippen molar-refractivity contribution in [2.24, 2.45) is 0 Å². The molecule has 0 aliphatic rings. The summed E-state index contributed by atoms with van der Waals surface area (Å²) in [7, 11) is 0. The van der Waals surface area contributed by atoms with Gasteiger partial charge >= 0.3 is 0 Å². The van der Waals surface area contributed by atoms with Crippen molar-refractivity contribution in [2.75, 3.05) is 5.32 Å². The molecule has 2 N–H and O–H groups in total. The van der Waals surface area contributed by atoms with Crippen molar-refractivity contribution in [3.8, 4) is 0 Å². The van der Waals surface area contributed by atoms with Crippen LogP contribution in [0.15, 0.2) is 24.8 Å². The van der Waals surface area contributed by atoms with Gasteiger partial charge in [-0.2, -0.15) is 0 Å². The standard InChI is InChI=1S/C8H8ClN5/c9-6-3-7(14-5-13-6)12-4-8-10-1-2-11-8/h1-3,5H,4H2,(H,10,11)(H,12,13,14). The van der Waals surface area contributed by atoms with Crippen molar-refractivity contribution in [1.82, 2.24) is 19.9 Å². The van der Waals surface area contributed by atoms with Gasteiger partial charge in [0.25, 0.3) is 0 Å². The topological polar surface area (TPSA) is 66.5 Å². The fourth-order valence-electron chi connectivity index (χ4n) is 0.999. The minimum absolute atomic E-state index is 0.418. The molecule has 0 amide bonds. The van der Waals surface area contributed by atoms with Crippen LogP contribution in [0.2, 0.25) is 5.15 Å². The van der Waals surface area contributed by atoms with Crippen LogP contribution in [-0.2, 0) is 6.54 Å². The lowest BCUT2D eigenvalue weighted by atomic mass is 10.5.